The zero-order valence-corrected chi connectivity index (χ0v) is 16.2. The van der Waals surface area contributed by atoms with Crippen LogP contribution in [0.25, 0.3) is 0 Å². The largest absolute Gasteiger partial charge is 0.222 e. The Labute approximate surface area is 149 Å². The lowest BCUT2D eigenvalue weighted by molar-refractivity contribution is 1.28. The van der Waals surface area contributed by atoms with Crippen molar-refractivity contribution >= 4 is 101 Å². The monoisotopic (exact) mass is 490 g/mol. The van der Waals surface area contributed by atoms with E-state index in [1.165, 1.54) is 11.3 Å². The molecule has 0 bridgehead atoms. The molecule has 100 valence electrons. The van der Waals surface area contributed by atoms with E-state index in [0.29, 0.717) is 21.4 Å². The van der Waals surface area contributed by atoms with Gasteiger partial charge in [-0.15, -0.1) is 45.9 Å². The van der Waals surface area contributed by atoms with E-state index in [1.807, 2.05) is 0 Å². The second-order valence-electron chi connectivity index (χ2n) is 2.63. The van der Waals surface area contributed by atoms with Gasteiger partial charge in [-0.25, -0.2) is 9.97 Å². The number of alkyl halides is 2. The quantitative estimate of drug-likeness (QED) is 0.441. The molecule has 2 nitrogen and oxygen atoms in total. The molecule has 0 radical (unpaired) electrons. The van der Waals surface area contributed by atoms with E-state index in [4.69, 9.17) is 46.4 Å². The smallest absolute Gasteiger partial charge is 0.185 e. The van der Waals surface area contributed by atoms with Crippen LogP contribution in [0.1, 0.15) is 9.75 Å². The third-order valence-corrected chi connectivity index (χ3v) is 6.35. The first kappa shape index (κ1) is 17.4. The molecule has 0 N–H and O–H groups in total. The second kappa shape index (κ2) is 8.62. The van der Waals surface area contributed by atoms with Crippen LogP contribution in [0.3, 0.4) is 0 Å². The van der Waals surface area contributed by atoms with Crippen LogP contribution in [0.5, 0.6) is 0 Å². The molecule has 0 aliphatic heterocycles. The summed E-state index contributed by atoms with van der Waals surface area (Å²) in [6.07, 6.45) is 0. The van der Waals surface area contributed by atoms with Gasteiger partial charge in [-0.2, -0.15) is 0 Å². The van der Waals surface area contributed by atoms with E-state index in [9.17, 15) is 0 Å². The summed E-state index contributed by atoms with van der Waals surface area (Å²) in [6.45, 7) is 0. The maximum absolute atomic E-state index is 5.58. The van der Waals surface area contributed by atoms with Crippen molar-refractivity contribution in [2.75, 3.05) is 0 Å². The molecule has 2 heterocycles. The number of halogens is 6. The van der Waals surface area contributed by atoms with Crippen LogP contribution in [0.2, 0.25) is 9.62 Å². The lowest BCUT2D eigenvalue weighted by Gasteiger charge is -1.81. The van der Waals surface area contributed by atoms with Gasteiger partial charge < -0.3 is 0 Å². The van der Waals surface area contributed by atoms with Crippen molar-refractivity contribution in [2.45, 2.75) is 11.8 Å². The minimum absolute atomic E-state index is 0.378. The molecule has 18 heavy (non-hydrogen) atoms. The first-order chi connectivity index (χ1) is 8.47. The second-order valence-corrected chi connectivity index (χ2v) is 8.30. The predicted molar refractivity (Wildman–Crippen MR) is 88.8 cm³/mol. The fraction of sp³-hybridized carbons (Fsp3) is 0.250. The standard InChI is InChI=1S/C4H2Br2ClNS.C4H2Cl3NS/c5-3-2(1-7)9-4(6)8-3;5-1-2-3(6)8-4(7)9-2/h2*1H2. The highest BCUT2D eigenvalue weighted by molar-refractivity contribution is 9.11. The average Bonchev–Trinajstić information content (AvgIpc) is 2.81. The van der Waals surface area contributed by atoms with Gasteiger partial charge in [0.1, 0.15) is 9.76 Å². The molecule has 0 atom stereocenters. The minimum Gasteiger partial charge on any atom is -0.222 e. The molecule has 10 heteroatoms. The summed E-state index contributed by atoms with van der Waals surface area (Å²) in [5.74, 6) is 0.896. The Balaban J connectivity index is 0.000000180. The Bertz CT molecular complexity index is 471. The van der Waals surface area contributed by atoms with E-state index >= 15 is 0 Å². The zero-order valence-electron chi connectivity index (χ0n) is 8.39. The maximum atomic E-state index is 5.58. The number of nitrogens with zero attached hydrogens (tertiary/aromatic N) is 2. The van der Waals surface area contributed by atoms with Crippen LogP contribution in [0.4, 0.5) is 0 Å². The van der Waals surface area contributed by atoms with Gasteiger partial charge in [-0.1, -0.05) is 23.2 Å². The summed E-state index contributed by atoms with van der Waals surface area (Å²) in [7, 11) is 0. The molecule has 0 spiro atoms. The van der Waals surface area contributed by atoms with Gasteiger partial charge in [-0.05, 0) is 31.9 Å². The van der Waals surface area contributed by atoms with Crippen molar-refractivity contribution in [1.29, 1.82) is 0 Å². The first-order valence-electron chi connectivity index (χ1n) is 4.21. The van der Waals surface area contributed by atoms with Gasteiger partial charge in [0.2, 0.25) is 0 Å². The van der Waals surface area contributed by atoms with E-state index in [1.54, 1.807) is 11.3 Å². The summed E-state index contributed by atoms with van der Waals surface area (Å²) in [4.78, 5) is 9.68. The highest BCUT2D eigenvalue weighted by Gasteiger charge is 2.05. The van der Waals surface area contributed by atoms with Crippen molar-refractivity contribution in [1.82, 2.24) is 9.97 Å². The van der Waals surface area contributed by atoms with Crippen molar-refractivity contribution in [3.63, 3.8) is 0 Å². The molecule has 0 aliphatic rings. The molecule has 0 aliphatic carbocycles. The van der Waals surface area contributed by atoms with Gasteiger partial charge >= 0.3 is 0 Å². The average molecular weight is 494 g/mol. The van der Waals surface area contributed by atoms with Crippen molar-refractivity contribution in [3.05, 3.63) is 27.9 Å². The zero-order chi connectivity index (χ0) is 13.7. The van der Waals surface area contributed by atoms with E-state index in [-0.39, 0.29) is 0 Å². The fourth-order valence-corrected chi connectivity index (χ4v) is 5.04. The van der Waals surface area contributed by atoms with Gasteiger partial charge in [0.25, 0.3) is 0 Å². The lowest BCUT2D eigenvalue weighted by Crippen LogP contribution is -1.68. The summed E-state index contributed by atoms with van der Waals surface area (Å²) < 4.78 is 2.15. The fourth-order valence-electron chi connectivity index (χ4n) is 0.777. The maximum Gasteiger partial charge on any atom is 0.185 e. The Morgan fingerprint density at radius 1 is 0.944 bits per heavy atom. The molecule has 0 saturated carbocycles. The van der Waals surface area contributed by atoms with Crippen molar-refractivity contribution in [2.24, 2.45) is 0 Å². The van der Waals surface area contributed by atoms with Crippen LogP contribution in [-0.4, -0.2) is 9.97 Å². The Kier molecular flexibility index (Phi) is 8.35. The molecule has 0 saturated heterocycles. The van der Waals surface area contributed by atoms with E-state index < -0.39 is 0 Å². The minimum atomic E-state index is 0.378. The number of aromatic nitrogens is 2. The van der Waals surface area contributed by atoms with Gasteiger partial charge in [0.05, 0.1) is 21.5 Å². The van der Waals surface area contributed by atoms with Crippen molar-refractivity contribution in [3.8, 4) is 0 Å². The van der Waals surface area contributed by atoms with Crippen LogP contribution < -0.4 is 0 Å². The summed E-state index contributed by atoms with van der Waals surface area (Å²) in [5.41, 5.74) is 0. The molecule has 2 rings (SSSR count). The van der Waals surface area contributed by atoms with E-state index in [2.05, 4.69) is 41.8 Å². The third-order valence-electron chi connectivity index (χ3n) is 1.49. The van der Waals surface area contributed by atoms with Crippen molar-refractivity contribution < 1.29 is 0 Å². The summed E-state index contributed by atoms with van der Waals surface area (Å²) >= 11 is 31.5. The van der Waals surface area contributed by atoms with Crippen LogP contribution >= 0.6 is 101 Å². The number of rotatable bonds is 2. The third kappa shape index (κ3) is 5.40. The molecule has 0 fully saturated rings. The lowest BCUT2D eigenvalue weighted by atomic mass is 10.6. The SMILES string of the molecule is ClCc1sc(Br)nc1Br.ClCc1sc(Cl)nc1Cl. The van der Waals surface area contributed by atoms with Crippen LogP contribution in [-0.2, 0) is 11.8 Å². The normalized spacial score (nSPS) is 10.1. The molecule has 0 unspecified atom stereocenters. The highest BCUT2D eigenvalue weighted by atomic mass is 79.9. The highest BCUT2D eigenvalue weighted by Crippen LogP contribution is 2.28. The van der Waals surface area contributed by atoms with Gasteiger partial charge in [0.15, 0.2) is 8.38 Å². The molecule has 2 aromatic rings. The summed E-state index contributed by atoms with van der Waals surface area (Å²) in [5, 5.41) is 0.417. The number of hydrogen-bond acceptors (Lipinski definition) is 4. The molecular weight excluding hydrogens is 490 g/mol. The van der Waals surface area contributed by atoms with Gasteiger partial charge in [0, 0.05) is 0 Å². The molecule has 2 aromatic heterocycles. The molecule has 0 aromatic carbocycles. The van der Waals surface area contributed by atoms with Crippen LogP contribution in [0, 0.1) is 0 Å². The Hall–Kier alpha value is 1.38. The molecular formula is C8H4Br2Cl4N2S2. The number of hydrogen-bond donors (Lipinski definition) is 0. The van der Waals surface area contributed by atoms with Crippen LogP contribution in [0.15, 0.2) is 8.52 Å². The number of thiazole rings is 2. The summed E-state index contributed by atoms with van der Waals surface area (Å²) in [6, 6.07) is 0. The van der Waals surface area contributed by atoms with Gasteiger partial charge in [-0.3, -0.25) is 0 Å². The topological polar surface area (TPSA) is 25.8 Å². The van der Waals surface area contributed by atoms with E-state index in [0.717, 1.165) is 18.3 Å². The Morgan fingerprint density at radius 3 is 1.78 bits per heavy atom. The first-order valence-corrected chi connectivity index (χ1v) is 9.25. The molecule has 0 amide bonds. The predicted octanol–water partition coefficient (Wildman–Crippen LogP) is 6.60. The Morgan fingerprint density at radius 2 is 1.56 bits per heavy atom.